The molecule has 0 saturated carbocycles. The van der Waals surface area contributed by atoms with Crippen LogP contribution in [0, 0.1) is 13.8 Å². The van der Waals surface area contributed by atoms with Crippen LogP contribution in [0.15, 0.2) is 78.9 Å². The van der Waals surface area contributed by atoms with Gasteiger partial charge in [-0.05, 0) is 61.0 Å². The third-order valence-electron chi connectivity index (χ3n) is 4.22. The summed E-state index contributed by atoms with van der Waals surface area (Å²) in [5.41, 5.74) is 2.72. The molecule has 0 aliphatic heterocycles. The highest BCUT2D eigenvalue weighted by Gasteiger charge is 2.19. The van der Waals surface area contributed by atoms with Crippen molar-refractivity contribution in [1.82, 2.24) is 0 Å². The molecule has 1 aromatic heterocycles. The van der Waals surface area contributed by atoms with E-state index >= 15 is 0 Å². The maximum atomic E-state index is 2.42. The van der Waals surface area contributed by atoms with Gasteiger partial charge in [0.15, 0.2) is 0 Å². The lowest BCUT2D eigenvalue weighted by Crippen LogP contribution is -2.18. The fourth-order valence-electron chi connectivity index (χ4n) is 3.14. The van der Waals surface area contributed by atoms with Gasteiger partial charge in [0, 0.05) is 9.32 Å². The molecule has 0 amide bonds. The van der Waals surface area contributed by atoms with E-state index in [1.807, 2.05) is 11.3 Å². The van der Waals surface area contributed by atoms with Gasteiger partial charge in [-0.2, -0.15) is 0 Å². The van der Waals surface area contributed by atoms with E-state index in [1.54, 1.807) is 0 Å². The fraction of sp³-hybridized carbons (Fsp3) is 0.0909. The topological polar surface area (TPSA) is 0 Å². The second-order valence-corrected chi connectivity index (χ2v) is 9.66. The van der Waals surface area contributed by atoms with Gasteiger partial charge in [-0.15, -0.1) is 11.3 Å². The van der Waals surface area contributed by atoms with Crippen molar-refractivity contribution in [1.29, 1.82) is 0 Å². The molecule has 0 fully saturated rings. The average Bonchev–Trinajstić information content (AvgIpc) is 3.01. The monoisotopic (exact) mass is 346 g/mol. The molecule has 24 heavy (non-hydrogen) atoms. The van der Waals surface area contributed by atoms with E-state index in [9.17, 15) is 0 Å². The maximum absolute atomic E-state index is 2.42. The molecule has 0 saturated heterocycles. The molecule has 4 rings (SSSR count). The number of thiophene rings is 1. The molecule has 0 spiro atoms. The van der Waals surface area contributed by atoms with Gasteiger partial charge < -0.3 is 0 Å². The largest absolute Gasteiger partial charge is 0.135 e. The number of hydrogen-bond donors (Lipinski definition) is 0. The van der Waals surface area contributed by atoms with E-state index in [0.717, 1.165) is 0 Å². The zero-order valence-electron chi connectivity index (χ0n) is 13.9. The first-order valence-corrected chi connectivity index (χ1v) is 10.3. The Morgan fingerprint density at radius 1 is 0.708 bits per heavy atom. The van der Waals surface area contributed by atoms with E-state index in [2.05, 4.69) is 92.7 Å². The second-order valence-electron chi connectivity index (χ2n) is 6.08. The van der Waals surface area contributed by atoms with Crippen molar-refractivity contribution in [2.24, 2.45) is 0 Å². The summed E-state index contributed by atoms with van der Waals surface area (Å²) in [5, 5.41) is 4.24. The van der Waals surface area contributed by atoms with Crippen LogP contribution in [0.4, 0.5) is 0 Å². The standard InChI is InChI=1S/C22H19PS/c1-16-13-17(2)20-15-22(24-21(20)14-16)23(18-9-5-3-6-10-18)19-11-7-4-8-12-19/h3-15H,1-2H3. The normalized spacial score (nSPS) is 11.3. The van der Waals surface area contributed by atoms with Gasteiger partial charge in [0.1, 0.15) is 0 Å². The summed E-state index contributed by atoms with van der Waals surface area (Å²) in [6, 6.07) is 28.9. The van der Waals surface area contributed by atoms with Crippen molar-refractivity contribution in [3.63, 3.8) is 0 Å². The second kappa shape index (κ2) is 6.51. The predicted octanol–water partition coefficient (Wildman–Crippen LogP) is 5.28. The molecule has 0 N–H and O–H groups in total. The van der Waals surface area contributed by atoms with Crippen molar-refractivity contribution >= 4 is 44.6 Å². The molecule has 0 aliphatic carbocycles. The molecular weight excluding hydrogens is 327 g/mol. The molecule has 3 aromatic carbocycles. The quantitative estimate of drug-likeness (QED) is 0.443. The lowest BCUT2D eigenvalue weighted by Gasteiger charge is -2.16. The molecule has 1 heterocycles. The van der Waals surface area contributed by atoms with Crippen LogP contribution in [0.5, 0.6) is 0 Å². The Morgan fingerprint density at radius 3 is 1.88 bits per heavy atom. The van der Waals surface area contributed by atoms with Gasteiger partial charge in [-0.25, -0.2) is 0 Å². The molecule has 0 aliphatic rings. The van der Waals surface area contributed by atoms with Crippen molar-refractivity contribution in [3.05, 3.63) is 90.0 Å². The SMILES string of the molecule is Cc1cc(C)c2cc(P(c3ccccc3)c3ccccc3)sc2c1. The van der Waals surface area contributed by atoms with E-state index in [4.69, 9.17) is 0 Å². The lowest BCUT2D eigenvalue weighted by atomic mass is 10.1. The van der Waals surface area contributed by atoms with Gasteiger partial charge in [0.05, 0.1) is 0 Å². The van der Waals surface area contributed by atoms with Crippen LogP contribution >= 0.6 is 19.3 Å². The van der Waals surface area contributed by atoms with E-state index in [-0.39, 0.29) is 0 Å². The number of benzene rings is 3. The molecule has 0 unspecified atom stereocenters. The third-order valence-corrected chi connectivity index (χ3v) is 8.13. The molecular formula is C22H19PS. The Morgan fingerprint density at radius 2 is 1.29 bits per heavy atom. The Hall–Kier alpha value is -1.95. The Kier molecular flexibility index (Phi) is 4.22. The maximum Gasteiger partial charge on any atom is 0.0381 e. The minimum Gasteiger partial charge on any atom is -0.135 e. The fourth-order valence-corrected chi connectivity index (χ4v) is 7.42. The summed E-state index contributed by atoms with van der Waals surface area (Å²) in [6.07, 6.45) is 0. The van der Waals surface area contributed by atoms with Crippen molar-refractivity contribution in [3.8, 4) is 0 Å². The van der Waals surface area contributed by atoms with Crippen LogP contribution in [0.3, 0.4) is 0 Å². The number of hydrogen-bond acceptors (Lipinski definition) is 1. The minimum atomic E-state index is -0.496. The molecule has 0 nitrogen and oxygen atoms in total. The van der Waals surface area contributed by atoms with E-state index in [1.165, 1.54) is 36.4 Å². The summed E-state index contributed by atoms with van der Waals surface area (Å²) in [6.45, 7) is 4.40. The molecule has 0 radical (unpaired) electrons. The van der Waals surface area contributed by atoms with Crippen LogP contribution in [0.25, 0.3) is 10.1 Å². The molecule has 2 heteroatoms. The zero-order valence-corrected chi connectivity index (χ0v) is 15.6. The van der Waals surface area contributed by atoms with Crippen LogP contribution in [0.1, 0.15) is 11.1 Å². The smallest absolute Gasteiger partial charge is 0.0381 e. The summed E-state index contributed by atoms with van der Waals surface area (Å²) in [5.74, 6) is 0. The Bertz CT molecular complexity index is 931. The molecule has 0 atom stereocenters. The van der Waals surface area contributed by atoms with Gasteiger partial charge in [-0.1, -0.05) is 66.7 Å². The first-order chi connectivity index (χ1) is 11.7. The first kappa shape index (κ1) is 15.6. The number of rotatable bonds is 3. The summed E-state index contributed by atoms with van der Waals surface area (Å²) >= 11 is 1.95. The van der Waals surface area contributed by atoms with Gasteiger partial charge >= 0.3 is 0 Å². The van der Waals surface area contributed by atoms with Crippen LogP contribution in [0.2, 0.25) is 0 Å². The first-order valence-electron chi connectivity index (χ1n) is 8.13. The van der Waals surface area contributed by atoms with Crippen molar-refractivity contribution in [2.75, 3.05) is 0 Å². The van der Waals surface area contributed by atoms with Crippen LogP contribution in [-0.4, -0.2) is 0 Å². The predicted molar refractivity (Wildman–Crippen MR) is 110 cm³/mol. The third kappa shape index (κ3) is 2.90. The van der Waals surface area contributed by atoms with E-state index < -0.39 is 7.92 Å². The Balaban J connectivity index is 1.93. The average molecular weight is 346 g/mol. The summed E-state index contributed by atoms with van der Waals surface area (Å²) in [7, 11) is -0.496. The van der Waals surface area contributed by atoms with E-state index in [0.29, 0.717) is 0 Å². The number of aryl methyl sites for hydroxylation is 2. The molecule has 4 aromatic rings. The van der Waals surface area contributed by atoms with Gasteiger partial charge in [0.2, 0.25) is 0 Å². The molecule has 118 valence electrons. The van der Waals surface area contributed by atoms with Crippen molar-refractivity contribution < 1.29 is 0 Å². The van der Waals surface area contributed by atoms with Crippen LogP contribution < -0.4 is 15.2 Å². The van der Waals surface area contributed by atoms with Crippen LogP contribution in [-0.2, 0) is 0 Å². The lowest BCUT2D eigenvalue weighted by molar-refractivity contribution is 1.44. The zero-order chi connectivity index (χ0) is 16.5. The number of fused-ring (bicyclic) bond motifs is 1. The summed E-state index contributed by atoms with van der Waals surface area (Å²) < 4.78 is 2.88. The van der Waals surface area contributed by atoms with Gasteiger partial charge in [0.25, 0.3) is 0 Å². The highest BCUT2D eigenvalue weighted by Crippen LogP contribution is 2.38. The summed E-state index contributed by atoms with van der Waals surface area (Å²) in [4.78, 5) is 0. The molecule has 0 bridgehead atoms. The minimum absolute atomic E-state index is 0.496. The highest BCUT2D eigenvalue weighted by molar-refractivity contribution is 7.84. The van der Waals surface area contributed by atoms with Crippen molar-refractivity contribution in [2.45, 2.75) is 13.8 Å². The highest BCUT2D eigenvalue weighted by atomic mass is 32.1. The van der Waals surface area contributed by atoms with Gasteiger partial charge in [-0.3, -0.25) is 0 Å². The Labute approximate surface area is 148 Å².